The van der Waals surface area contributed by atoms with Crippen LogP contribution >= 0.6 is 0 Å². The van der Waals surface area contributed by atoms with Crippen molar-refractivity contribution in [1.29, 1.82) is 0 Å². The minimum Gasteiger partial charge on any atom is -0.492 e. The number of carboxylic acids is 1. The van der Waals surface area contributed by atoms with Gasteiger partial charge in [0.1, 0.15) is 30.0 Å². The Balaban J connectivity index is 0.000000886. The van der Waals surface area contributed by atoms with Crippen LogP contribution in [-0.2, 0) is 29.0 Å². The largest absolute Gasteiger partial charge is 0.492 e. The van der Waals surface area contributed by atoms with E-state index >= 15 is 0 Å². The van der Waals surface area contributed by atoms with Crippen LogP contribution in [0.2, 0.25) is 0 Å². The van der Waals surface area contributed by atoms with Gasteiger partial charge in [-0.15, -0.1) is 0 Å². The van der Waals surface area contributed by atoms with Gasteiger partial charge in [0.25, 0.3) is 0 Å². The highest BCUT2D eigenvalue weighted by Crippen LogP contribution is 2.43. The number of benzene rings is 3. The van der Waals surface area contributed by atoms with Gasteiger partial charge in [0.05, 0.1) is 26.2 Å². The molecule has 2 aliphatic heterocycles. The molecule has 0 aromatic heterocycles. The number of aliphatic carboxylic acids is 1. The van der Waals surface area contributed by atoms with Gasteiger partial charge in [0, 0.05) is 24.0 Å². The molecule has 6 rings (SSSR count). The quantitative estimate of drug-likeness (QED) is 0.315. The van der Waals surface area contributed by atoms with E-state index in [0.29, 0.717) is 31.3 Å². The molecule has 214 valence electrons. The van der Waals surface area contributed by atoms with E-state index in [0.717, 1.165) is 42.7 Å². The van der Waals surface area contributed by atoms with Crippen molar-refractivity contribution in [3.63, 3.8) is 0 Å². The number of carbonyl (C=O) groups is 1. The molecule has 0 saturated carbocycles. The van der Waals surface area contributed by atoms with Crippen LogP contribution in [-0.4, -0.2) is 37.0 Å². The van der Waals surface area contributed by atoms with Gasteiger partial charge in [-0.2, -0.15) is 0 Å². The molecule has 3 aromatic rings. The third kappa shape index (κ3) is 6.44. The van der Waals surface area contributed by atoms with Crippen LogP contribution in [0.15, 0.2) is 48.5 Å². The summed E-state index contributed by atoms with van der Waals surface area (Å²) in [7, 11) is 0. The Morgan fingerprint density at radius 3 is 2.50 bits per heavy atom. The first-order valence-electron chi connectivity index (χ1n) is 14.7. The Morgan fingerprint density at radius 2 is 1.80 bits per heavy atom. The van der Waals surface area contributed by atoms with E-state index in [1.807, 2.05) is 45.9 Å². The van der Waals surface area contributed by atoms with E-state index in [1.165, 1.54) is 27.8 Å². The Bertz CT molecular complexity index is 1310. The van der Waals surface area contributed by atoms with E-state index in [9.17, 15) is 4.79 Å². The highest BCUT2D eigenvalue weighted by atomic mass is 16.5. The number of hydrogen-bond acceptors (Lipinski definition) is 5. The first-order valence-corrected chi connectivity index (χ1v) is 14.7. The SMILES string of the molecule is CC.CC.Cc1cc(OC2CCOC2)c2c(c1-c1cccc(COc3ccc4c(c3)OCC4CC(=O)O)c1)CC2. The monoisotopic (exact) mass is 546 g/mol. The van der Waals surface area contributed by atoms with Crippen molar-refractivity contribution in [1.82, 2.24) is 0 Å². The summed E-state index contributed by atoms with van der Waals surface area (Å²) < 4.78 is 23.6. The zero-order valence-electron chi connectivity index (χ0n) is 24.4. The Kier molecular flexibility index (Phi) is 10.1. The minimum atomic E-state index is -0.813. The van der Waals surface area contributed by atoms with Crippen LogP contribution in [0.5, 0.6) is 17.2 Å². The summed E-state index contributed by atoms with van der Waals surface area (Å²) in [6.07, 6.45) is 3.32. The van der Waals surface area contributed by atoms with E-state index in [4.69, 9.17) is 24.1 Å². The average Bonchev–Trinajstić information content (AvgIpc) is 3.61. The fraction of sp³-hybridized carbons (Fsp3) is 0.441. The van der Waals surface area contributed by atoms with Crippen LogP contribution in [0.4, 0.5) is 0 Å². The molecule has 0 spiro atoms. The van der Waals surface area contributed by atoms with E-state index < -0.39 is 5.97 Å². The lowest BCUT2D eigenvalue weighted by molar-refractivity contribution is -0.137. The molecule has 2 unspecified atom stereocenters. The summed E-state index contributed by atoms with van der Waals surface area (Å²) in [5.41, 5.74) is 8.50. The lowest BCUT2D eigenvalue weighted by Gasteiger charge is -2.29. The zero-order chi connectivity index (χ0) is 28.6. The van der Waals surface area contributed by atoms with Gasteiger partial charge in [-0.1, -0.05) is 52.0 Å². The van der Waals surface area contributed by atoms with Crippen LogP contribution in [0.1, 0.15) is 74.3 Å². The molecule has 1 saturated heterocycles. The number of aryl methyl sites for hydroxylation is 1. The molecule has 0 radical (unpaired) electrons. The lowest BCUT2D eigenvalue weighted by atomic mass is 9.79. The molecule has 1 fully saturated rings. The summed E-state index contributed by atoms with van der Waals surface area (Å²) in [4.78, 5) is 11.1. The number of carboxylic acid groups (broad SMARTS) is 1. The van der Waals surface area contributed by atoms with Gasteiger partial charge in [0.2, 0.25) is 0 Å². The Hall–Kier alpha value is -3.51. The number of rotatable bonds is 8. The smallest absolute Gasteiger partial charge is 0.304 e. The van der Waals surface area contributed by atoms with Crippen molar-refractivity contribution in [2.45, 2.75) is 78.9 Å². The molecule has 6 nitrogen and oxygen atoms in total. The maximum Gasteiger partial charge on any atom is 0.304 e. The van der Waals surface area contributed by atoms with Crippen LogP contribution < -0.4 is 14.2 Å². The normalized spacial score (nSPS) is 18.0. The van der Waals surface area contributed by atoms with Gasteiger partial charge < -0.3 is 24.1 Å². The molecule has 40 heavy (non-hydrogen) atoms. The van der Waals surface area contributed by atoms with E-state index in [-0.39, 0.29) is 18.4 Å². The first kappa shape index (κ1) is 29.5. The summed E-state index contributed by atoms with van der Waals surface area (Å²) in [6, 6.07) is 16.4. The molecular formula is C34H42O6. The highest BCUT2D eigenvalue weighted by molar-refractivity contribution is 5.76. The molecule has 6 heteroatoms. The van der Waals surface area contributed by atoms with Gasteiger partial charge in [0.15, 0.2) is 0 Å². The maximum atomic E-state index is 11.1. The summed E-state index contributed by atoms with van der Waals surface area (Å²) >= 11 is 0. The molecule has 3 aromatic carbocycles. The number of fused-ring (bicyclic) bond motifs is 2. The first-order chi connectivity index (χ1) is 19.5. The Morgan fingerprint density at radius 1 is 1.00 bits per heavy atom. The second kappa shape index (κ2) is 13.7. The van der Waals surface area contributed by atoms with Crippen molar-refractivity contribution in [3.8, 4) is 28.4 Å². The minimum absolute atomic E-state index is 0.0746. The standard InChI is InChI=1S/C30H30O6.2C2H6/c1-18-11-28(36-23-9-10-33-17-23)25-7-8-26(25)30(18)20-4-2-3-19(12-20)15-34-22-5-6-24-21(13-29(31)32)16-35-27(24)14-22;2*1-2/h2-6,11-12,14,21,23H,7-10,13,15-17H2,1H3,(H,31,32);2*1-2H3. The predicted molar refractivity (Wildman–Crippen MR) is 158 cm³/mol. The van der Waals surface area contributed by atoms with E-state index in [2.05, 4.69) is 37.3 Å². The molecule has 2 heterocycles. The van der Waals surface area contributed by atoms with Crippen molar-refractivity contribution in [3.05, 3.63) is 76.3 Å². The van der Waals surface area contributed by atoms with Gasteiger partial charge >= 0.3 is 5.97 Å². The molecule has 0 bridgehead atoms. The average molecular weight is 547 g/mol. The second-order valence-corrected chi connectivity index (χ2v) is 9.92. The third-order valence-corrected chi connectivity index (χ3v) is 7.42. The summed E-state index contributed by atoms with van der Waals surface area (Å²) in [5.74, 6) is 1.54. The van der Waals surface area contributed by atoms with Crippen molar-refractivity contribution in [2.24, 2.45) is 0 Å². The number of ether oxygens (including phenoxy) is 4. The van der Waals surface area contributed by atoms with Crippen molar-refractivity contribution in [2.75, 3.05) is 19.8 Å². The topological polar surface area (TPSA) is 74.2 Å². The lowest BCUT2D eigenvalue weighted by Crippen LogP contribution is -2.20. The molecule has 1 N–H and O–H groups in total. The van der Waals surface area contributed by atoms with Crippen molar-refractivity contribution < 1.29 is 28.8 Å². The molecule has 3 aliphatic rings. The van der Waals surface area contributed by atoms with Crippen LogP contribution in [0.25, 0.3) is 11.1 Å². The van der Waals surface area contributed by atoms with Gasteiger partial charge in [-0.3, -0.25) is 4.79 Å². The van der Waals surface area contributed by atoms with Gasteiger partial charge in [-0.05, 0) is 71.3 Å². The summed E-state index contributed by atoms with van der Waals surface area (Å²) in [5, 5.41) is 9.10. The number of hydrogen-bond donors (Lipinski definition) is 1. The van der Waals surface area contributed by atoms with Crippen molar-refractivity contribution >= 4 is 5.97 Å². The Labute approximate surface area is 238 Å². The van der Waals surface area contributed by atoms with E-state index in [1.54, 1.807) is 0 Å². The fourth-order valence-electron chi connectivity index (χ4n) is 5.52. The van der Waals surface area contributed by atoms with Crippen LogP contribution in [0, 0.1) is 6.92 Å². The van der Waals surface area contributed by atoms with Gasteiger partial charge in [-0.25, -0.2) is 0 Å². The zero-order valence-corrected chi connectivity index (χ0v) is 24.4. The summed E-state index contributed by atoms with van der Waals surface area (Å²) in [6.45, 7) is 12.5. The molecule has 1 aliphatic carbocycles. The highest BCUT2D eigenvalue weighted by Gasteiger charge is 2.28. The predicted octanol–water partition coefficient (Wildman–Crippen LogP) is 7.51. The molecular weight excluding hydrogens is 504 g/mol. The fourth-order valence-corrected chi connectivity index (χ4v) is 5.52. The van der Waals surface area contributed by atoms with Crippen LogP contribution in [0.3, 0.4) is 0 Å². The molecule has 2 atom stereocenters. The third-order valence-electron chi connectivity index (χ3n) is 7.42. The molecule has 0 amide bonds. The second-order valence-electron chi connectivity index (χ2n) is 9.92. The maximum absolute atomic E-state index is 11.1.